The molecule has 0 aliphatic carbocycles. The van der Waals surface area contributed by atoms with Crippen molar-refractivity contribution in [2.45, 2.75) is 37.1 Å². The van der Waals surface area contributed by atoms with Crippen molar-refractivity contribution in [3.8, 4) is 0 Å². The van der Waals surface area contributed by atoms with Crippen LogP contribution in [0.15, 0.2) is 29.2 Å². The van der Waals surface area contributed by atoms with Crippen LogP contribution in [-0.4, -0.2) is 62.8 Å². The highest BCUT2D eigenvalue weighted by Crippen LogP contribution is 2.27. The second-order valence-corrected chi connectivity index (χ2v) is 7.88. The molecule has 0 saturated carbocycles. The van der Waals surface area contributed by atoms with E-state index in [4.69, 9.17) is 4.74 Å². The number of methoxy groups -OCH3 is 1. The zero-order chi connectivity index (χ0) is 18.6. The third-order valence-corrected chi connectivity index (χ3v) is 6.34. The Labute approximate surface area is 148 Å². The molecule has 1 aliphatic heterocycles. The summed E-state index contributed by atoms with van der Waals surface area (Å²) in [6.45, 7) is 2.51. The molecule has 1 fully saturated rings. The van der Waals surface area contributed by atoms with Crippen molar-refractivity contribution in [3.63, 3.8) is 0 Å². The van der Waals surface area contributed by atoms with Crippen LogP contribution >= 0.6 is 0 Å². The fourth-order valence-electron chi connectivity index (χ4n) is 2.94. The van der Waals surface area contributed by atoms with Gasteiger partial charge in [0.05, 0.1) is 17.6 Å². The third kappa shape index (κ3) is 3.85. The highest BCUT2D eigenvalue weighted by atomic mass is 32.2. The van der Waals surface area contributed by atoms with E-state index in [9.17, 15) is 18.0 Å². The standard InChI is InChI=1S/C17H24N2O5S/c1-4-5-9-14-16(20)18(2)11-12-19(14)25(22,23)15-10-7-6-8-13(15)17(21)24-3/h6-8,10,14H,4-5,9,11-12H2,1-3H3. The van der Waals surface area contributed by atoms with Gasteiger partial charge in [0.2, 0.25) is 15.9 Å². The number of amides is 1. The van der Waals surface area contributed by atoms with Crippen molar-refractivity contribution >= 4 is 21.9 Å². The highest BCUT2D eigenvalue weighted by molar-refractivity contribution is 7.89. The minimum Gasteiger partial charge on any atom is -0.465 e. The third-order valence-electron chi connectivity index (χ3n) is 4.37. The van der Waals surface area contributed by atoms with Gasteiger partial charge in [-0.2, -0.15) is 4.31 Å². The Kier molecular flexibility index (Phi) is 6.18. The van der Waals surface area contributed by atoms with E-state index in [1.807, 2.05) is 6.92 Å². The van der Waals surface area contributed by atoms with Gasteiger partial charge in [0, 0.05) is 20.1 Å². The molecule has 0 aromatic heterocycles. The molecule has 7 nitrogen and oxygen atoms in total. The lowest BCUT2D eigenvalue weighted by Crippen LogP contribution is -2.57. The summed E-state index contributed by atoms with van der Waals surface area (Å²) in [6.07, 6.45) is 2.06. The number of carbonyl (C=O) groups excluding carboxylic acids is 2. The summed E-state index contributed by atoms with van der Waals surface area (Å²) in [7, 11) is -1.12. The van der Waals surface area contributed by atoms with E-state index in [2.05, 4.69) is 0 Å². The number of hydrogen-bond acceptors (Lipinski definition) is 5. The molecule has 1 unspecified atom stereocenters. The van der Waals surface area contributed by atoms with E-state index >= 15 is 0 Å². The van der Waals surface area contributed by atoms with Crippen molar-refractivity contribution < 1.29 is 22.7 Å². The van der Waals surface area contributed by atoms with Gasteiger partial charge in [-0.15, -0.1) is 0 Å². The number of unbranched alkanes of at least 4 members (excludes halogenated alkanes) is 1. The summed E-state index contributed by atoms with van der Waals surface area (Å²) < 4.78 is 32.3. The molecular weight excluding hydrogens is 344 g/mol. The first-order valence-electron chi connectivity index (χ1n) is 8.28. The molecule has 1 aromatic carbocycles. The average Bonchev–Trinajstić information content (AvgIpc) is 2.62. The zero-order valence-corrected chi connectivity index (χ0v) is 15.6. The quantitative estimate of drug-likeness (QED) is 0.711. The van der Waals surface area contributed by atoms with Crippen LogP contribution in [0.25, 0.3) is 0 Å². The van der Waals surface area contributed by atoms with Crippen molar-refractivity contribution in [2.24, 2.45) is 0 Å². The summed E-state index contributed by atoms with van der Waals surface area (Å²) in [5, 5.41) is 0. The van der Waals surface area contributed by atoms with Crippen LogP contribution in [0.3, 0.4) is 0 Å². The van der Waals surface area contributed by atoms with E-state index in [1.165, 1.54) is 23.5 Å². The predicted octanol–water partition coefficient (Wildman–Crippen LogP) is 1.49. The maximum absolute atomic E-state index is 13.2. The molecule has 1 amide bonds. The van der Waals surface area contributed by atoms with Crippen LogP contribution in [-0.2, 0) is 19.6 Å². The lowest BCUT2D eigenvalue weighted by atomic mass is 10.1. The second kappa shape index (κ2) is 7.97. The van der Waals surface area contributed by atoms with E-state index in [0.29, 0.717) is 13.0 Å². The van der Waals surface area contributed by atoms with Crippen molar-refractivity contribution in [1.82, 2.24) is 9.21 Å². The fourth-order valence-corrected chi connectivity index (χ4v) is 4.73. The van der Waals surface area contributed by atoms with Gasteiger partial charge in [-0.3, -0.25) is 4.79 Å². The Morgan fingerprint density at radius 3 is 2.60 bits per heavy atom. The topological polar surface area (TPSA) is 84.0 Å². The van der Waals surface area contributed by atoms with Crippen LogP contribution in [0, 0.1) is 0 Å². The Hall–Kier alpha value is -1.93. The van der Waals surface area contributed by atoms with Gasteiger partial charge in [-0.25, -0.2) is 13.2 Å². The Bertz CT molecular complexity index is 747. The minimum atomic E-state index is -4.00. The molecule has 1 saturated heterocycles. The molecule has 0 N–H and O–H groups in total. The first kappa shape index (κ1) is 19.4. The lowest BCUT2D eigenvalue weighted by molar-refractivity contribution is -0.137. The average molecular weight is 368 g/mol. The number of esters is 1. The highest BCUT2D eigenvalue weighted by Gasteiger charge is 2.41. The number of carbonyl (C=O) groups is 2. The van der Waals surface area contributed by atoms with Crippen LogP contribution in [0.5, 0.6) is 0 Å². The smallest absolute Gasteiger partial charge is 0.339 e. The summed E-state index contributed by atoms with van der Waals surface area (Å²) >= 11 is 0. The molecule has 1 atom stereocenters. The summed E-state index contributed by atoms with van der Waals surface area (Å²) in [5.41, 5.74) is -0.0226. The van der Waals surface area contributed by atoms with Crippen molar-refractivity contribution in [3.05, 3.63) is 29.8 Å². The molecule has 1 heterocycles. The fraction of sp³-hybridized carbons (Fsp3) is 0.529. The Morgan fingerprint density at radius 2 is 1.96 bits per heavy atom. The summed E-state index contributed by atoms with van der Waals surface area (Å²) in [4.78, 5) is 25.9. The maximum Gasteiger partial charge on any atom is 0.339 e. The normalized spacial score (nSPS) is 19.1. The molecule has 8 heteroatoms. The van der Waals surface area contributed by atoms with E-state index in [-0.39, 0.29) is 22.9 Å². The molecule has 25 heavy (non-hydrogen) atoms. The van der Waals surface area contributed by atoms with E-state index in [1.54, 1.807) is 24.1 Å². The lowest BCUT2D eigenvalue weighted by Gasteiger charge is -2.38. The Balaban J connectivity index is 2.47. The monoisotopic (exact) mass is 368 g/mol. The van der Waals surface area contributed by atoms with Gasteiger partial charge < -0.3 is 9.64 Å². The molecule has 2 rings (SSSR count). The van der Waals surface area contributed by atoms with Crippen molar-refractivity contribution in [2.75, 3.05) is 27.2 Å². The first-order valence-corrected chi connectivity index (χ1v) is 9.72. The predicted molar refractivity (Wildman–Crippen MR) is 92.6 cm³/mol. The van der Waals surface area contributed by atoms with Crippen LogP contribution < -0.4 is 0 Å². The zero-order valence-electron chi connectivity index (χ0n) is 14.8. The van der Waals surface area contributed by atoms with Gasteiger partial charge in [-0.1, -0.05) is 31.9 Å². The number of hydrogen-bond donors (Lipinski definition) is 0. The van der Waals surface area contributed by atoms with Gasteiger partial charge in [0.1, 0.15) is 6.04 Å². The van der Waals surface area contributed by atoms with Crippen LogP contribution in [0.2, 0.25) is 0 Å². The summed E-state index contributed by atoms with van der Waals surface area (Å²) in [5.74, 6) is -0.927. The van der Waals surface area contributed by atoms with E-state index in [0.717, 1.165) is 12.8 Å². The molecule has 138 valence electrons. The SMILES string of the molecule is CCCCC1C(=O)N(C)CCN1S(=O)(=O)c1ccccc1C(=O)OC. The van der Waals surface area contributed by atoms with Gasteiger partial charge >= 0.3 is 5.97 Å². The van der Waals surface area contributed by atoms with Gasteiger partial charge in [0.15, 0.2) is 0 Å². The molecule has 0 radical (unpaired) electrons. The van der Waals surface area contributed by atoms with Gasteiger partial charge in [0.25, 0.3) is 0 Å². The number of benzene rings is 1. The van der Waals surface area contributed by atoms with Gasteiger partial charge in [-0.05, 0) is 18.6 Å². The number of rotatable bonds is 6. The number of piperazine rings is 1. The summed E-state index contributed by atoms with van der Waals surface area (Å²) in [6, 6.07) is 5.18. The van der Waals surface area contributed by atoms with Crippen LogP contribution in [0.4, 0.5) is 0 Å². The second-order valence-electron chi connectivity index (χ2n) is 6.02. The number of nitrogens with zero attached hydrogens (tertiary/aromatic N) is 2. The van der Waals surface area contributed by atoms with Crippen molar-refractivity contribution in [1.29, 1.82) is 0 Å². The number of ether oxygens (including phenoxy) is 1. The molecule has 0 bridgehead atoms. The number of likely N-dealkylation sites (N-methyl/N-ethyl adjacent to an activating group) is 1. The molecule has 0 spiro atoms. The molecule has 1 aliphatic rings. The Morgan fingerprint density at radius 1 is 1.28 bits per heavy atom. The van der Waals surface area contributed by atoms with Crippen LogP contribution in [0.1, 0.15) is 36.5 Å². The first-order chi connectivity index (χ1) is 11.8. The largest absolute Gasteiger partial charge is 0.465 e. The molecular formula is C17H24N2O5S. The minimum absolute atomic E-state index is 0.0226. The maximum atomic E-state index is 13.2. The number of sulfonamides is 1. The van der Waals surface area contributed by atoms with E-state index < -0.39 is 22.0 Å². The molecule has 1 aromatic rings.